The van der Waals surface area contributed by atoms with E-state index in [4.69, 9.17) is 4.74 Å². The minimum atomic E-state index is -0.670. The molecule has 0 saturated carbocycles. The number of ether oxygens (including phenoxy) is 1. The summed E-state index contributed by atoms with van der Waals surface area (Å²) in [5, 5.41) is 12.3. The summed E-state index contributed by atoms with van der Waals surface area (Å²) in [7, 11) is 1.72. The van der Waals surface area contributed by atoms with E-state index in [1.54, 1.807) is 19.2 Å². The largest absolute Gasteiger partial charge is 0.378 e. The van der Waals surface area contributed by atoms with Crippen molar-refractivity contribution in [2.24, 2.45) is 5.41 Å². The number of hydrogen-bond donors (Lipinski definition) is 1. The topological polar surface area (TPSA) is 45.0 Å². The van der Waals surface area contributed by atoms with Crippen LogP contribution < -0.4 is 5.32 Å². The van der Waals surface area contributed by atoms with Crippen molar-refractivity contribution in [2.75, 3.05) is 20.3 Å². The lowest BCUT2D eigenvalue weighted by Crippen LogP contribution is -2.50. The van der Waals surface area contributed by atoms with E-state index in [2.05, 4.69) is 27.3 Å². The standard InChI is InChI=1S/C12H12BrFN2O/c1-16-11(12(5-15)6-17-7-12)9-4-8(13)2-3-10(9)14/h2-4,11,16H,6-7H2,1H3. The van der Waals surface area contributed by atoms with Gasteiger partial charge < -0.3 is 10.1 Å². The van der Waals surface area contributed by atoms with Crippen molar-refractivity contribution in [1.82, 2.24) is 5.32 Å². The van der Waals surface area contributed by atoms with Crippen molar-refractivity contribution in [3.63, 3.8) is 0 Å². The molecule has 1 aliphatic rings. The molecule has 1 atom stereocenters. The minimum Gasteiger partial charge on any atom is -0.378 e. The lowest BCUT2D eigenvalue weighted by molar-refractivity contribution is -0.0968. The van der Waals surface area contributed by atoms with E-state index in [1.807, 2.05) is 0 Å². The monoisotopic (exact) mass is 298 g/mol. The molecule has 3 nitrogen and oxygen atoms in total. The normalized spacial score (nSPS) is 19.2. The molecule has 0 spiro atoms. The highest BCUT2D eigenvalue weighted by Gasteiger charge is 2.47. The lowest BCUT2D eigenvalue weighted by Gasteiger charge is -2.41. The molecule has 5 heteroatoms. The molecule has 1 aromatic carbocycles. The first kappa shape index (κ1) is 12.5. The third-order valence-corrected chi connectivity index (χ3v) is 3.55. The Hall–Kier alpha value is -0.960. The number of rotatable bonds is 3. The van der Waals surface area contributed by atoms with Gasteiger partial charge in [-0.3, -0.25) is 0 Å². The SMILES string of the molecule is CNC(c1cc(Br)ccc1F)C1(C#N)COC1. The Morgan fingerprint density at radius 1 is 1.59 bits per heavy atom. The van der Waals surface area contributed by atoms with E-state index < -0.39 is 5.41 Å². The second-order valence-corrected chi connectivity index (χ2v) is 5.06. The molecule has 17 heavy (non-hydrogen) atoms. The van der Waals surface area contributed by atoms with Gasteiger partial charge in [0.15, 0.2) is 0 Å². The van der Waals surface area contributed by atoms with Gasteiger partial charge in [0.1, 0.15) is 11.2 Å². The third kappa shape index (κ3) is 2.08. The van der Waals surface area contributed by atoms with Crippen LogP contribution in [0.5, 0.6) is 0 Å². The highest BCUT2D eigenvalue weighted by Crippen LogP contribution is 2.41. The molecule has 90 valence electrons. The molecule has 1 unspecified atom stereocenters. The van der Waals surface area contributed by atoms with Gasteiger partial charge in [0.2, 0.25) is 0 Å². The van der Waals surface area contributed by atoms with Crippen LogP contribution in [-0.4, -0.2) is 20.3 Å². The maximum Gasteiger partial charge on any atom is 0.128 e. The zero-order valence-corrected chi connectivity index (χ0v) is 10.9. The van der Waals surface area contributed by atoms with E-state index in [1.165, 1.54) is 6.07 Å². The van der Waals surface area contributed by atoms with Crippen molar-refractivity contribution in [1.29, 1.82) is 5.26 Å². The minimum absolute atomic E-state index is 0.311. The van der Waals surface area contributed by atoms with Crippen molar-refractivity contribution >= 4 is 15.9 Å². The Balaban J connectivity index is 2.42. The fourth-order valence-corrected chi connectivity index (χ4v) is 2.46. The molecule has 0 aliphatic carbocycles. The van der Waals surface area contributed by atoms with Gasteiger partial charge in [-0.15, -0.1) is 0 Å². The van der Waals surface area contributed by atoms with Gasteiger partial charge in [-0.1, -0.05) is 15.9 Å². The Morgan fingerprint density at radius 2 is 2.29 bits per heavy atom. The lowest BCUT2D eigenvalue weighted by atomic mass is 9.76. The first-order chi connectivity index (χ1) is 8.13. The van der Waals surface area contributed by atoms with Gasteiger partial charge in [-0.2, -0.15) is 5.26 Å². The average molecular weight is 299 g/mol. The van der Waals surface area contributed by atoms with E-state index in [0.717, 1.165) is 4.47 Å². The highest BCUT2D eigenvalue weighted by atomic mass is 79.9. The summed E-state index contributed by atoms with van der Waals surface area (Å²) in [5.74, 6) is -0.311. The maximum absolute atomic E-state index is 13.8. The van der Waals surface area contributed by atoms with Gasteiger partial charge >= 0.3 is 0 Å². The number of hydrogen-bond acceptors (Lipinski definition) is 3. The van der Waals surface area contributed by atoms with Crippen LogP contribution in [0.3, 0.4) is 0 Å². The molecule has 0 aromatic heterocycles. The van der Waals surface area contributed by atoms with Crippen LogP contribution >= 0.6 is 15.9 Å². The molecule has 1 N–H and O–H groups in total. The molecule has 0 radical (unpaired) electrons. The molecule has 0 amide bonds. The van der Waals surface area contributed by atoms with Crippen LogP contribution in [0.15, 0.2) is 22.7 Å². The summed E-state index contributed by atoms with van der Waals surface area (Å²) in [4.78, 5) is 0. The number of nitriles is 1. The Morgan fingerprint density at radius 3 is 2.76 bits per heavy atom. The van der Waals surface area contributed by atoms with Gasteiger partial charge in [-0.05, 0) is 25.2 Å². The Labute approximate surface area is 108 Å². The van der Waals surface area contributed by atoms with Gasteiger partial charge in [-0.25, -0.2) is 4.39 Å². The molecular formula is C12H12BrFN2O. The number of nitrogens with one attached hydrogen (secondary N) is 1. The predicted molar refractivity (Wildman–Crippen MR) is 64.8 cm³/mol. The molecule has 0 bridgehead atoms. The van der Waals surface area contributed by atoms with Crippen LogP contribution in [0.4, 0.5) is 4.39 Å². The van der Waals surface area contributed by atoms with Crippen molar-refractivity contribution in [3.05, 3.63) is 34.1 Å². The fraction of sp³-hybridized carbons (Fsp3) is 0.417. The van der Waals surface area contributed by atoms with E-state index >= 15 is 0 Å². The fourth-order valence-electron chi connectivity index (χ4n) is 2.08. The summed E-state index contributed by atoms with van der Waals surface area (Å²) < 4.78 is 19.7. The summed E-state index contributed by atoms with van der Waals surface area (Å²) in [6.07, 6.45) is 0. The second-order valence-electron chi connectivity index (χ2n) is 4.15. The number of benzene rings is 1. The molecular weight excluding hydrogens is 287 g/mol. The molecule has 1 heterocycles. The zero-order valence-electron chi connectivity index (χ0n) is 9.34. The smallest absolute Gasteiger partial charge is 0.128 e. The van der Waals surface area contributed by atoms with Crippen molar-refractivity contribution in [2.45, 2.75) is 6.04 Å². The van der Waals surface area contributed by atoms with Gasteiger partial charge in [0, 0.05) is 10.0 Å². The molecule has 1 aliphatic heterocycles. The molecule has 1 aromatic rings. The number of nitrogens with zero attached hydrogens (tertiary/aromatic N) is 1. The average Bonchev–Trinajstić information content (AvgIpc) is 2.27. The molecule has 1 fully saturated rings. The maximum atomic E-state index is 13.8. The molecule has 2 rings (SSSR count). The summed E-state index contributed by atoms with van der Waals surface area (Å²) >= 11 is 3.31. The quantitative estimate of drug-likeness (QED) is 0.932. The second kappa shape index (κ2) is 4.73. The molecule has 1 saturated heterocycles. The third-order valence-electron chi connectivity index (χ3n) is 3.05. The summed E-state index contributed by atoms with van der Waals surface area (Å²) in [5.41, 5.74) is -0.178. The number of halogens is 2. The van der Waals surface area contributed by atoms with Crippen molar-refractivity contribution in [3.8, 4) is 6.07 Å². The first-order valence-electron chi connectivity index (χ1n) is 5.24. The van der Waals surface area contributed by atoms with Crippen LogP contribution in [-0.2, 0) is 4.74 Å². The van der Waals surface area contributed by atoms with Gasteiger partial charge in [0.25, 0.3) is 0 Å². The highest BCUT2D eigenvalue weighted by molar-refractivity contribution is 9.10. The van der Waals surface area contributed by atoms with Crippen molar-refractivity contribution < 1.29 is 9.13 Å². The van der Waals surface area contributed by atoms with Crippen LogP contribution in [0.2, 0.25) is 0 Å². The van der Waals surface area contributed by atoms with E-state index in [-0.39, 0.29) is 11.9 Å². The van der Waals surface area contributed by atoms with Gasteiger partial charge in [0.05, 0.1) is 25.3 Å². The Kier molecular flexibility index (Phi) is 3.48. The summed E-state index contributed by atoms with van der Waals surface area (Å²) in [6, 6.07) is 6.62. The van der Waals surface area contributed by atoms with E-state index in [9.17, 15) is 9.65 Å². The summed E-state index contributed by atoms with van der Waals surface area (Å²) in [6.45, 7) is 0.669. The van der Waals surface area contributed by atoms with E-state index in [0.29, 0.717) is 18.8 Å². The zero-order chi connectivity index (χ0) is 12.5. The van der Waals surface area contributed by atoms with Crippen LogP contribution in [0, 0.1) is 22.6 Å². The van der Waals surface area contributed by atoms with Crippen LogP contribution in [0.1, 0.15) is 11.6 Å². The van der Waals surface area contributed by atoms with Crippen LogP contribution in [0.25, 0.3) is 0 Å². The predicted octanol–water partition coefficient (Wildman–Crippen LogP) is 2.39. The Bertz CT molecular complexity index is 468. The first-order valence-corrected chi connectivity index (χ1v) is 6.03.